The second-order valence-electron chi connectivity index (χ2n) is 7.43. The van der Waals surface area contributed by atoms with E-state index in [4.69, 9.17) is 4.74 Å². The van der Waals surface area contributed by atoms with Gasteiger partial charge in [-0.05, 0) is 45.7 Å². The van der Waals surface area contributed by atoms with E-state index in [-0.39, 0.29) is 36.0 Å². The van der Waals surface area contributed by atoms with Gasteiger partial charge in [0.05, 0.1) is 18.3 Å². The number of aromatic nitrogens is 1. The molecule has 0 fully saturated rings. The lowest BCUT2D eigenvalue weighted by Gasteiger charge is -2.28. The summed E-state index contributed by atoms with van der Waals surface area (Å²) in [6.45, 7) is 10.0. The van der Waals surface area contributed by atoms with Crippen molar-refractivity contribution in [2.75, 3.05) is 31.6 Å². The molecular weight excluding hydrogens is 525 g/mol. The van der Waals surface area contributed by atoms with Gasteiger partial charge in [-0.15, -0.1) is 35.3 Å². The average molecular weight is 558 g/mol. The van der Waals surface area contributed by atoms with E-state index in [2.05, 4.69) is 56.7 Å². The summed E-state index contributed by atoms with van der Waals surface area (Å²) in [6, 6.07) is 8.86. The van der Waals surface area contributed by atoms with E-state index in [9.17, 15) is 4.79 Å². The lowest BCUT2D eigenvalue weighted by molar-refractivity contribution is 0.0531. The number of aliphatic imine (C=N–C) groups is 1. The van der Waals surface area contributed by atoms with Gasteiger partial charge in [-0.3, -0.25) is 4.99 Å². The van der Waals surface area contributed by atoms with Crippen LogP contribution in [0.2, 0.25) is 0 Å². The van der Waals surface area contributed by atoms with Crippen molar-refractivity contribution in [1.82, 2.24) is 15.6 Å². The number of hydrogen-bond donors (Lipinski definition) is 2. The third-order valence-corrected chi connectivity index (χ3v) is 6.56. The molecule has 1 aromatic carbocycles. The van der Waals surface area contributed by atoms with E-state index >= 15 is 0 Å². The van der Waals surface area contributed by atoms with Crippen LogP contribution in [0.5, 0.6) is 0 Å². The molecule has 0 amide bonds. The summed E-state index contributed by atoms with van der Waals surface area (Å²) in [5.41, 5.74) is 3.44. The maximum Gasteiger partial charge on any atom is 0.350 e. The Morgan fingerprint density at radius 3 is 2.81 bits per heavy atom. The number of para-hydroxylation sites is 1. The smallest absolute Gasteiger partial charge is 0.350 e. The molecule has 0 spiro atoms. The molecule has 2 atom stereocenters. The van der Waals surface area contributed by atoms with Crippen LogP contribution in [-0.4, -0.2) is 49.7 Å². The number of guanidine groups is 1. The van der Waals surface area contributed by atoms with E-state index in [1.165, 1.54) is 22.6 Å². The maximum atomic E-state index is 12.1. The predicted octanol–water partition coefficient (Wildman–Crippen LogP) is 3.92. The molecule has 0 saturated heterocycles. The number of esters is 1. The molecule has 3 rings (SSSR count). The molecule has 170 valence electrons. The molecule has 1 aromatic heterocycles. The quantitative estimate of drug-likeness (QED) is 0.233. The van der Waals surface area contributed by atoms with Gasteiger partial charge in [0, 0.05) is 31.9 Å². The second-order valence-corrected chi connectivity index (χ2v) is 8.46. The van der Waals surface area contributed by atoms with Crippen LogP contribution in [0.15, 0.2) is 29.3 Å². The van der Waals surface area contributed by atoms with Crippen LogP contribution in [0.4, 0.5) is 5.69 Å². The van der Waals surface area contributed by atoms with E-state index < -0.39 is 0 Å². The van der Waals surface area contributed by atoms with Gasteiger partial charge >= 0.3 is 5.97 Å². The number of carbonyl (C=O) groups excluding carboxylic acids is 1. The van der Waals surface area contributed by atoms with Gasteiger partial charge in [-0.2, -0.15) is 0 Å². The van der Waals surface area contributed by atoms with Crippen molar-refractivity contribution in [1.29, 1.82) is 0 Å². The van der Waals surface area contributed by atoms with E-state index in [0.717, 1.165) is 24.5 Å². The summed E-state index contributed by atoms with van der Waals surface area (Å²) in [4.78, 5) is 24.0. The molecule has 0 radical (unpaired) electrons. The minimum absolute atomic E-state index is 0. The Bertz CT molecular complexity index is 917. The SMILES string of the molecule is CCOC(=O)c1sc(C(C)NC(=NC)NCC(C)N2CCc3ccccc32)nc1C.I. The van der Waals surface area contributed by atoms with Gasteiger partial charge in [-0.1, -0.05) is 18.2 Å². The zero-order valence-corrected chi connectivity index (χ0v) is 21.9. The van der Waals surface area contributed by atoms with Crippen molar-refractivity contribution in [3.05, 3.63) is 45.4 Å². The van der Waals surface area contributed by atoms with Crippen LogP contribution >= 0.6 is 35.3 Å². The van der Waals surface area contributed by atoms with Gasteiger partial charge in [0.15, 0.2) is 5.96 Å². The van der Waals surface area contributed by atoms with Crippen molar-refractivity contribution in [3.8, 4) is 0 Å². The number of ether oxygens (including phenoxy) is 1. The zero-order valence-electron chi connectivity index (χ0n) is 18.8. The van der Waals surface area contributed by atoms with Gasteiger partial charge in [0.2, 0.25) is 0 Å². The molecule has 31 heavy (non-hydrogen) atoms. The number of aryl methyl sites for hydroxylation is 1. The Kier molecular flexibility index (Phi) is 9.54. The zero-order chi connectivity index (χ0) is 21.7. The molecule has 0 saturated carbocycles. The van der Waals surface area contributed by atoms with E-state index in [1.54, 1.807) is 14.0 Å². The summed E-state index contributed by atoms with van der Waals surface area (Å²) < 4.78 is 5.11. The van der Waals surface area contributed by atoms with Gasteiger partial charge in [0.1, 0.15) is 9.88 Å². The number of anilines is 1. The van der Waals surface area contributed by atoms with E-state index in [0.29, 0.717) is 29.2 Å². The molecular formula is C22H32IN5O2S. The number of rotatable bonds is 7. The Labute approximate surface area is 205 Å². The topological polar surface area (TPSA) is 78.8 Å². The Morgan fingerprint density at radius 2 is 2.10 bits per heavy atom. The highest BCUT2D eigenvalue weighted by molar-refractivity contribution is 14.0. The van der Waals surface area contributed by atoms with E-state index in [1.807, 2.05) is 13.8 Å². The number of benzene rings is 1. The largest absolute Gasteiger partial charge is 0.462 e. The third kappa shape index (κ3) is 6.09. The second kappa shape index (κ2) is 11.7. The maximum absolute atomic E-state index is 12.1. The number of thiazole rings is 1. The minimum atomic E-state index is -0.312. The number of halogens is 1. The van der Waals surface area contributed by atoms with Crippen LogP contribution < -0.4 is 15.5 Å². The standard InChI is InChI=1S/C22H31N5O2S.HI/c1-6-29-21(28)19-15(3)25-20(30-19)16(4)26-22(23-5)24-13-14(2)27-12-11-17-9-7-8-10-18(17)27;/h7-10,14,16H,6,11-13H2,1-5H3,(H2,23,24,26);1H. The van der Waals surface area contributed by atoms with Crippen LogP contribution in [0.1, 0.15) is 52.7 Å². The fourth-order valence-corrected chi connectivity index (χ4v) is 4.59. The monoisotopic (exact) mass is 557 g/mol. The van der Waals surface area contributed by atoms with Crippen molar-refractivity contribution in [3.63, 3.8) is 0 Å². The average Bonchev–Trinajstić information content (AvgIpc) is 3.34. The number of fused-ring (bicyclic) bond motifs is 1. The summed E-state index contributed by atoms with van der Waals surface area (Å²) in [5.74, 6) is 0.403. The van der Waals surface area contributed by atoms with Gasteiger partial charge in [0.25, 0.3) is 0 Å². The number of nitrogens with one attached hydrogen (secondary N) is 2. The summed E-state index contributed by atoms with van der Waals surface area (Å²) in [7, 11) is 1.76. The Morgan fingerprint density at radius 1 is 1.35 bits per heavy atom. The first-order valence-corrected chi connectivity index (χ1v) is 11.2. The molecule has 0 aliphatic carbocycles. The van der Waals surface area contributed by atoms with Crippen molar-refractivity contribution >= 4 is 52.9 Å². The highest BCUT2D eigenvalue weighted by atomic mass is 127. The van der Waals surface area contributed by atoms with Crippen LogP contribution in [0.25, 0.3) is 0 Å². The van der Waals surface area contributed by atoms with Crippen molar-refractivity contribution in [2.24, 2.45) is 4.99 Å². The highest BCUT2D eigenvalue weighted by Crippen LogP contribution is 2.29. The first-order chi connectivity index (χ1) is 14.4. The molecule has 7 nitrogen and oxygen atoms in total. The highest BCUT2D eigenvalue weighted by Gasteiger charge is 2.24. The van der Waals surface area contributed by atoms with Crippen LogP contribution in [-0.2, 0) is 11.2 Å². The fraction of sp³-hybridized carbons (Fsp3) is 0.500. The molecule has 2 unspecified atom stereocenters. The lowest BCUT2D eigenvalue weighted by atomic mass is 10.2. The number of carbonyl (C=O) groups is 1. The normalized spacial score (nSPS) is 15.0. The Hall–Kier alpha value is -1.88. The first-order valence-electron chi connectivity index (χ1n) is 10.4. The Balaban J connectivity index is 0.00000341. The minimum Gasteiger partial charge on any atom is -0.462 e. The summed E-state index contributed by atoms with van der Waals surface area (Å²) >= 11 is 1.37. The molecule has 0 bridgehead atoms. The summed E-state index contributed by atoms with van der Waals surface area (Å²) in [5, 5.41) is 7.63. The molecule has 2 heterocycles. The lowest BCUT2D eigenvalue weighted by Crippen LogP contribution is -2.46. The predicted molar refractivity (Wildman–Crippen MR) is 138 cm³/mol. The number of hydrogen-bond acceptors (Lipinski definition) is 6. The third-order valence-electron chi connectivity index (χ3n) is 5.24. The van der Waals surface area contributed by atoms with Gasteiger partial charge < -0.3 is 20.3 Å². The van der Waals surface area contributed by atoms with Crippen LogP contribution in [0.3, 0.4) is 0 Å². The molecule has 2 N–H and O–H groups in total. The molecule has 9 heteroatoms. The summed E-state index contributed by atoms with van der Waals surface area (Å²) in [6.07, 6.45) is 1.09. The first kappa shape index (κ1) is 25.4. The van der Waals surface area contributed by atoms with Crippen molar-refractivity contribution < 1.29 is 9.53 Å². The number of nitrogens with zero attached hydrogens (tertiary/aromatic N) is 3. The fourth-order valence-electron chi connectivity index (χ4n) is 3.63. The molecule has 2 aromatic rings. The van der Waals surface area contributed by atoms with Crippen LogP contribution in [0, 0.1) is 6.92 Å². The molecule has 1 aliphatic rings. The molecule has 1 aliphatic heterocycles. The van der Waals surface area contributed by atoms with Gasteiger partial charge in [-0.25, -0.2) is 9.78 Å². The van der Waals surface area contributed by atoms with Crippen molar-refractivity contribution in [2.45, 2.75) is 46.2 Å².